The summed E-state index contributed by atoms with van der Waals surface area (Å²) in [7, 11) is 0. The van der Waals surface area contributed by atoms with Gasteiger partial charge in [0.05, 0.1) is 23.3 Å². The maximum atomic E-state index is 11.4. The monoisotopic (exact) mass is 271 g/mol. The Morgan fingerprint density at radius 1 is 1.50 bits per heavy atom. The summed E-state index contributed by atoms with van der Waals surface area (Å²) < 4.78 is 26.0. The molecular weight excluding hydrogens is 256 g/mol. The van der Waals surface area contributed by atoms with E-state index in [1.54, 1.807) is 26.8 Å². The van der Waals surface area contributed by atoms with E-state index >= 15 is 0 Å². The molecule has 1 rings (SSSR count). The van der Waals surface area contributed by atoms with Crippen molar-refractivity contribution in [1.29, 1.82) is 0 Å². The molecule has 1 heterocycles. The standard InChI is InChI=1S/C11H16N2O4S/c1-11(2,3)17-10(14)13-8-4-5-9(12-6-8)7-18(15)16/h4-6H,7H2,1-3H3,(H,13,14)(H,15,16)/p-1. The largest absolute Gasteiger partial charge is 0.772 e. The van der Waals surface area contributed by atoms with Gasteiger partial charge in [0, 0.05) is 0 Å². The van der Waals surface area contributed by atoms with Crippen molar-refractivity contribution in [1.82, 2.24) is 4.98 Å². The van der Waals surface area contributed by atoms with E-state index in [-0.39, 0.29) is 5.75 Å². The first-order chi connectivity index (χ1) is 8.26. The van der Waals surface area contributed by atoms with Crippen molar-refractivity contribution in [3.8, 4) is 0 Å². The predicted molar refractivity (Wildman–Crippen MR) is 66.7 cm³/mol. The maximum Gasteiger partial charge on any atom is 0.412 e. The molecule has 1 aromatic heterocycles. The molecule has 0 saturated heterocycles. The van der Waals surface area contributed by atoms with Crippen LogP contribution in [0.15, 0.2) is 18.3 Å². The molecule has 0 aliphatic rings. The van der Waals surface area contributed by atoms with E-state index in [0.29, 0.717) is 11.4 Å². The summed E-state index contributed by atoms with van der Waals surface area (Å²) >= 11 is -2.17. The zero-order valence-corrected chi connectivity index (χ0v) is 11.2. The number of rotatable bonds is 3. The summed E-state index contributed by atoms with van der Waals surface area (Å²) in [6.07, 6.45) is 0.802. The fraction of sp³-hybridized carbons (Fsp3) is 0.455. The fourth-order valence-electron chi connectivity index (χ4n) is 1.13. The van der Waals surface area contributed by atoms with Gasteiger partial charge in [0.15, 0.2) is 0 Å². The number of carbonyl (C=O) groups is 1. The van der Waals surface area contributed by atoms with Crippen molar-refractivity contribution in [3.63, 3.8) is 0 Å². The minimum Gasteiger partial charge on any atom is -0.772 e. The molecule has 0 bridgehead atoms. The smallest absolute Gasteiger partial charge is 0.412 e. The number of nitrogens with zero attached hydrogens (tertiary/aromatic N) is 1. The van der Waals surface area contributed by atoms with Gasteiger partial charge < -0.3 is 9.29 Å². The zero-order valence-electron chi connectivity index (χ0n) is 10.4. The van der Waals surface area contributed by atoms with Gasteiger partial charge in [-0.3, -0.25) is 14.5 Å². The van der Waals surface area contributed by atoms with Crippen LogP contribution in [-0.4, -0.2) is 25.4 Å². The van der Waals surface area contributed by atoms with Gasteiger partial charge >= 0.3 is 6.09 Å². The number of hydrogen-bond donors (Lipinski definition) is 1. The highest BCUT2D eigenvalue weighted by atomic mass is 32.2. The third-order valence-corrected chi connectivity index (χ3v) is 2.27. The molecule has 0 aromatic carbocycles. The van der Waals surface area contributed by atoms with Crippen molar-refractivity contribution in [2.24, 2.45) is 0 Å². The number of hydrogen-bond acceptors (Lipinski definition) is 5. The molecule has 6 nitrogen and oxygen atoms in total. The van der Waals surface area contributed by atoms with Crippen LogP contribution in [0.3, 0.4) is 0 Å². The van der Waals surface area contributed by atoms with E-state index in [1.807, 2.05) is 0 Å². The van der Waals surface area contributed by atoms with E-state index in [2.05, 4.69) is 10.3 Å². The summed E-state index contributed by atoms with van der Waals surface area (Å²) in [5.41, 5.74) is 0.291. The molecule has 1 atom stereocenters. The topological polar surface area (TPSA) is 91.3 Å². The van der Waals surface area contributed by atoms with Crippen LogP contribution in [0, 0.1) is 0 Å². The molecule has 0 aliphatic heterocycles. The first kappa shape index (κ1) is 14.6. The Morgan fingerprint density at radius 2 is 2.17 bits per heavy atom. The van der Waals surface area contributed by atoms with Crippen LogP contribution in [-0.2, 0) is 21.6 Å². The normalized spacial score (nSPS) is 12.9. The quantitative estimate of drug-likeness (QED) is 0.846. The Hall–Kier alpha value is -1.47. The van der Waals surface area contributed by atoms with Crippen molar-refractivity contribution in [2.75, 3.05) is 5.32 Å². The van der Waals surface area contributed by atoms with Crippen molar-refractivity contribution < 1.29 is 18.3 Å². The second kappa shape index (κ2) is 5.92. The summed E-state index contributed by atoms with van der Waals surface area (Å²) in [5.74, 6) is -0.146. The Labute approximate surface area is 108 Å². The lowest BCUT2D eigenvalue weighted by Gasteiger charge is -2.19. The summed E-state index contributed by atoms with van der Waals surface area (Å²) in [6.45, 7) is 5.28. The molecule has 1 N–H and O–H groups in total. The number of amides is 1. The van der Waals surface area contributed by atoms with E-state index in [1.165, 1.54) is 12.3 Å². The Morgan fingerprint density at radius 3 is 2.61 bits per heavy atom. The molecule has 1 amide bonds. The first-order valence-electron chi connectivity index (χ1n) is 5.27. The fourth-order valence-corrected chi connectivity index (χ4v) is 1.54. The highest BCUT2D eigenvalue weighted by Gasteiger charge is 2.16. The van der Waals surface area contributed by atoms with E-state index < -0.39 is 22.8 Å². The van der Waals surface area contributed by atoms with Crippen LogP contribution in [0.5, 0.6) is 0 Å². The van der Waals surface area contributed by atoms with Crippen molar-refractivity contribution in [2.45, 2.75) is 32.1 Å². The Bertz CT molecular complexity index is 439. The number of nitrogens with one attached hydrogen (secondary N) is 1. The lowest BCUT2D eigenvalue weighted by atomic mass is 10.2. The van der Waals surface area contributed by atoms with Gasteiger partial charge in [-0.25, -0.2) is 4.79 Å². The third-order valence-electron chi connectivity index (χ3n) is 1.74. The molecule has 0 saturated carbocycles. The zero-order chi connectivity index (χ0) is 13.8. The van der Waals surface area contributed by atoms with Gasteiger partial charge in [0.1, 0.15) is 5.60 Å². The number of anilines is 1. The van der Waals surface area contributed by atoms with Crippen LogP contribution in [0.1, 0.15) is 26.5 Å². The maximum absolute atomic E-state index is 11.4. The summed E-state index contributed by atoms with van der Waals surface area (Å²) in [4.78, 5) is 15.3. The second-order valence-electron chi connectivity index (χ2n) is 4.61. The number of aromatic nitrogens is 1. The van der Waals surface area contributed by atoms with E-state index in [9.17, 15) is 13.6 Å². The lowest BCUT2D eigenvalue weighted by molar-refractivity contribution is 0.0636. The Kier molecular flexibility index (Phi) is 4.80. The summed E-state index contributed by atoms with van der Waals surface area (Å²) in [5, 5.41) is 2.50. The lowest BCUT2D eigenvalue weighted by Crippen LogP contribution is -2.27. The SMILES string of the molecule is CC(C)(C)OC(=O)Nc1ccc(CS(=O)[O-])nc1. The average molecular weight is 271 g/mol. The van der Waals surface area contributed by atoms with Crippen molar-refractivity contribution >= 4 is 22.9 Å². The molecular formula is C11H15N2O4S-. The number of pyridine rings is 1. The molecule has 0 aliphatic carbocycles. The van der Waals surface area contributed by atoms with Gasteiger partial charge in [-0.1, -0.05) is 0 Å². The number of carbonyl (C=O) groups excluding carboxylic acids is 1. The second-order valence-corrected chi connectivity index (χ2v) is 5.51. The van der Waals surface area contributed by atoms with Crippen LogP contribution in [0.25, 0.3) is 0 Å². The van der Waals surface area contributed by atoms with Gasteiger partial charge in [-0.05, 0) is 44.0 Å². The molecule has 0 fully saturated rings. The first-order valence-corrected chi connectivity index (χ1v) is 6.51. The molecule has 1 aromatic rings. The van der Waals surface area contributed by atoms with E-state index in [4.69, 9.17) is 4.74 Å². The number of ether oxygens (including phenoxy) is 1. The third kappa shape index (κ3) is 5.74. The van der Waals surface area contributed by atoms with Gasteiger partial charge in [0.25, 0.3) is 0 Å². The molecule has 1 unspecified atom stereocenters. The van der Waals surface area contributed by atoms with Crippen LogP contribution < -0.4 is 5.32 Å². The predicted octanol–water partition coefficient (Wildman–Crippen LogP) is 1.81. The van der Waals surface area contributed by atoms with Gasteiger partial charge in [0.2, 0.25) is 0 Å². The van der Waals surface area contributed by atoms with Crippen LogP contribution in [0.2, 0.25) is 0 Å². The Balaban J connectivity index is 2.58. The van der Waals surface area contributed by atoms with Gasteiger partial charge in [-0.2, -0.15) is 0 Å². The highest BCUT2D eigenvalue weighted by molar-refractivity contribution is 7.78. The minimum absolute atomic E-state index is 0.146. The highest BCUT2D eigenvalue weighted by Crippen LogP contribution is 2.11. The molecule has 100 valence electrons. The summed E-state index contributed by atoms with van der Waals surface area (Å²) in [6, 6.07) is 3.10. The minimum atomic E-state index is -2.17. The van der Waals surface area contributed by atoms with Crippen LogP contribution >= 0.6 is 0 Å². The average Bonchev–Trinajstić information content (AvgIpc) is 2.17. The van der Waals surface area contributed by atoms with Crippen LogP contribution in [0.4, 0.5) is 10.5 Å². The van der Waals surface area contributed by atoms with E-state index in [0.717, 1.165) is 0 Å². The molecule has 7 heteroatoms. The molecule has 0 spiro atoms. The molecule has 18 heavy (non-hydrogen) atoms. The van der Waals surface area contributed by atoms with Gasteiger partial charge in [-0.15, -0.1) is 0 Å². The van der Waals surface area contributed by atoms with Crippen molar-refractivity contribution in [3.05, 3.63) is 24.0 Å². The molecule has 0 radical (unpaired) electrons.